The quantitative estimate of drug-likeness (QED) is 0.701. The molecule has 0 radical (unpaired) electrons. The fraction of sp³-hybridized carbons (Fsp3) is 0.923. The zero-order valence-electron chi connectivity index (χ0n) is 11.9. The minimum Gasteiger partial charge on any atom is -0.376 e. The van der Waals surface area contributed by atoms with Gasteiger partial charge in [0.25, 0.3) is 0 Å². The van der Waals surface area contributed by atoms with E-state index in [0.29, 0.717) is 26.4 Å². The first kappa shape index (κ1) is 14.7. The van der Waals surface area contributed by atoms with Crippen molar-refractivity contribution in [3.63, 3.8) is 0 Å². The van der Waals surface area contributed by atoms with Crippen LogP contribution in [0.15, 0.2) is 0 Å². The molecule has 2 aliphatic rings. The van der Waals surface area contributed by atoms with Crippen LogP contribution in [0.5, 0.6) is 0 Å². The molecular weight excluding hydrogens is 246 g/mol. The molecule has 0 aromatic rings. The molecule has 1 atom stereocenters. The van der Waals surface area contributed by atoms with Crippen molar-refractivity contribution >= 4 is 5.91 Å². The van der Waals surface area contributed by atoms with Crippen LogP contribution < -0.4 is 10.6 Å². The lowest BCUT2D eigenvalue weighted by atomic mass is 10.0. The normalized spacial score (nSPS) is 26.1. The molecular formula is C13H25N3O3. The van der Waals surface area contributed by atoms with E-state index in [1.54, 1.807) is 0 Å². The van der Waals surface area contributed by atoms with Crippen LogP contribution in [0.2, 0.25) is 0 Å². The van der Waals surface area contributed by atoms with Gasteiger partial charge in [-0.25, -0.2) is 0 Å². The topological polar surface area (TPSA) is 62.8 Å². The molecule has 19 heavy (non-hydrogen) atoms. The number of nitrogens with zero attached hydrogens (tertiary/aromatic N) is 1. The summed E-state index contributed by atoms with van der Waals surface area (Å²) in [5.74, 6) is 0.0589. The molecule has 0 saturated carbocycles. The highest BCUT2D eigenvalue weighted by Crippen LogP contribution is 2.15. The maximum absolute atomic E-state index is 12.3. The van der Waals surface area contributed by atoms with E-state index in [1.807, 2.05) is 13.8 Å². The van der Waals surface area contributed by atoms with Crippen molar-refractivity contribution in [2.45, 2.75) is 25.5 Å². The molecule has 0 spiro atoms. The van der Waals surface area contributed by atoms with Gasteiger partial charge < -0.3 is 20.1 Å². The van der Waals surface area contributed by atoms with Crippen LogP contribution in [0.3, 0.4) is 0 Å². The van der Waals surface area contributed by atoms with Crippen molar-refractivity contribution in [1.82, 2.24) is 15.5 Å². The molecule has 0 aliphatic carbocycles. The van der Waals surface area contributed by atoms with Gasteiger partial charge in [0.2, 0.25) is 5.91 Å². The molecule has 0 aromatic carbocycles. The summed E-state index contributed by atoms with van der Waals surface area (Å²) in [4.78, 5) is 14.6. The van der Waals surface area contributed by atoms with Gasteiger partial charge in [0.1, 0.15) is 0 Å². The van der Waals surface area contributed by atoms with E-state index in [4.69, 9.17) is 9.47 Å². The summed E-state index contributed by atoms with van der Waals surface area (Å²) in [6.45, 7) is 10.00. The largest absolute Gasteiger partial charge is 0.376 e. The third-order valence-electron chi connectivity index (χ3n) is 3.84. The summed E-state index contributed by atoms with van der Waals surface area (Å²) in [7, 11) is 0. The van der Waals surface area contributed by atoms with Gasteiger partial charge in [0.15, 0.2) is 0 Å². The minimum atomic E-state index is -0.475. The number of amides is 1. The average Bonchev–Trinajstić information content (AvgIpc) is 2.46. The van der Waals surface area contributed by atoms with Gasteiger partial charge in [-0.3, -0.25) is 9.69 Å². The Hall–Kier alpha value is -0.690. The van der Waals surface area contributed by atoms with Crippen LogP contribution in [-0.2, 0) is 14.3 Å². The summed E-state index contributed by atoms with van der Waals surface area (Å²) in [5, 5.41) is 6.28. The zero-order valence-corrected chi connectivity index (χ0v) is 11.9. The maximum atomic E-state index is 12.3. The number of hydrogen-bond acceptors (Lipinski definition) is 5. The van der Waals surface area contributed by atoms with Crippen molar-refractivity contribution in [2.75, 3.05) is 52.5 Å². The molecule has 2 saturated heterocycles. The highest BCUT2D eigenvalue weighted by atomic mass is 16.6. The van der Waals surface area contributed by atoms with E-state index in [9.17, 15) is 4.79 Å². The number of nitrogens with one attached hydrogen (secondary N) is 2. The van der Waals surface area contributed by atoms with E-state index in [1.165, 1.54) is 0 Å². The van der Waals surface area contributed by atoms with E-state index in [0.717, 1.165) is 26.2 Å². The Kier molecular flexibility index (Phi) is 5.15. The van der Waals surface area contributed by atoms with E-state index in [2.05, 4.69) is 15.5 Å². The van der Waals surface area contributed by atoms with Gasteiger partial charge in [-0.1, -0.05) is 0 Å². The number of hydrogen-bond donors (Lipinski definition) is 2. The van der Waals surface area contributed by atoms with Gasteiger partial charge in [-0.2, -0.15) is 0 Å². The molecule has 2 N–H and O–H groups in total. The average molecular weight is 271 g/mol. The van der Waals surface area contributed by atoms with Crippen LogP contribution >= 0.6 is 0 Å². The van der Waals surface area contributed by atoms with Gasteiger partial charge in [-0.05, 0) is 13.8 Å². The minimum absolute atomic E-state index is 0.0171. The fourth-order valence-electron chi connectivity index (χ4n) is 2.44. The third-order valence-corrected chi connectivity index (χ3v) is 3.84. The molecule has 2 rings (SSSR count). The Balaban J connectivity index is 1.79. The second-order valence-electron chi connectivity index (χ2n) is 5.57. The first-order chi connectivity index (χ1) is 9.10. The van der Waals surface area contributed by atoms with Crippen LogP contribution in [0.25, 0.3) is 0 Å². The summed E-state index contributed by atoms with van der Waals surface area (Å²) in [6.07, 6.45) is -0.0171. The first-order valence-corrected chi connectivity index (χ1v) is 7.04. The van der Waals surface area contributed by atoms with Gasteiger partial charge in [0.05, 0.1) is 31.5 Å². The Bertz CT molecular complexity index is 298. The van der Waals surface area contributed by atoms with E-state index < -0.39 is 5.54 Å². The molecule has 0 aromatic heterocycles. The number of rotatable bonds is 4. The van der Waals surface area contributed by atoms with Gasteiger partial charge >= 0.3 is 0 Å². The Morgan fingerprint density at radius 2 is 2.11 bits per heavy atom. The van der Waals surface area contributed by atoms with Crippen LogP contribution in [0, 0.1) is 0 Å². The summed E-state index contributed by atoms with van der Waals surface area (Å²) in [5.41, 5.74) is -0.475. The molecule has 110 valence electrons. The third kappa shape index (κ3) is 3.89. The van der Waals surface area contributed by atoms with Gasteiger partial charge in [-0.15, -0.1) is 0 Å². The molecule has 6 nitrogen and oxygen atoms in total. The number of ether oxygens (including phenoxy) is 2. The SMILES string of the molecule is CC(C)(C(=O)NCC1COCCO1)N1CCNCC1. The molecule has 1 unspecified atom stereocenters. The van der Waals surface area contributed by atoms with Crippen molar-refractivity contribution in [3.05, 3.63) is 0 Å². The standard InChI is InChI=1S/C13H25N3O3/c1-13(2,16-5-3-14-4-6-16)12(17)15-9-11-10-18-7-8-19-11/h11,14H,3-10H2,1-2H3,(H,15,17). The Morgan fingerprint density at radius 3 is 2.74 bits per heavy atom. The predicted octanol–water partition coefficient (Wildman–Crippen LogP) is -0.798. The molecule has 1 amide bonds. The maximum Gasteiger partial charge on any atom is 0.240 e. The summed E-state index contributed by atoms with van der Waals surface area (Å²) < 4.78 is 10.8. The van der Waals surface area contributed by atoms with Crippen LogP contribution in [-0.4, -0.2) is 75.0 Å². The monoisotopic (exact) mass is 271 g/mol. The molecule has 6 heteroatoms. The molecule has 2 aliphatic heterocycles. The lowest BCUT2D eigenvalue weighted by Gasteiger charge is -2.40. The molecule has 2 fully saturated rings. The van der Waals surface area contributed by atoms with E-state index >= 15 is 0 Å². The Morgan fingerprint density at radius 1 is 1.37 bits per heavy atom. The first-order valence-electron chi connectivity index (χ1n) is 7.04. The van der Waals surface area contributed by atoms with E-state index in [-0.39, 0.29) is 12.0 Å². The lowest BCUT2D eigenvalue weighted by Crippen LogP contribution is -2.60. The summed E-state index contributed by atoms with van der Waals surface area (Å²) >= 11 is 0. The lowest BCUT2D eigenvalue weighted by molar-refractivity contribution is -0.134. The van der Waals surface area contributed by atoms with Crippen molar-refractivity contribution < 1.29 is 14.3 Å². The second kappa shape index (κ2) is 6.65. The number of carbonyl (C=O) groups excluding carboxylic acids is 1. The van der Waals surface area contributed by atoms with Crippen molar-refractivity contribution in [1.29, 1.82) is 0 Å². The molecule has 2 heterocycles. The smallest absolute Gasteiger partial charge is 0.240 e. The zero-order chi connectivity index (χ0) is 13.7. The van der Waals surface area contributed by atoms with Crippen molar-refractivity contribution in [2.24, 2.45) is 0 Å². The second-order valence-corrected chi connectivity index (χ2v) is 5.57. The molecule has 0 bridgehead atoms. The predicted molar refractivity (Wildman–Crippen MR) is 72.1 cm³/mol. The Labute approximate surface area is 114 Å². The highest BCUT2D eigenvalue weighted by Gasteiger charge is 2.35. The van der Waals surface area contributed by atoms with Crippen LogP contribution in [0.4, 0.5) is 0 Å². The van der Waals surface area contributed by atoms with Crippen molar-refractivity contribution in [3.8, 4) is 0 Å². The summed E-state index contributed by atoms with van der Waals surface area (Å²) in [6, 6.07) is 0. The highest BCUT2D eigenvalue weighted by molar-refractivity contribution is 5.85. The number of piperazine rings is 1. The fourth-order valence-corrected chi connectivity index (χ4v) is 2.44. The number of carbonyl (C=O) groups is 1. The van der Waals surface area contributed by atoms with Crippen LogP contribution in [0.1, 0.15) is 13.8 Å². The van der Waals surface area contributed by atoms with Gasteiger partial charge in [0, 0.05) is 32.7 Å².